The largest absolute Gasteiger partial charge is 2.00 e. The minimum absolute atomic E-state index is 0. The van der Waals surface area contributed by atoms with Crippen molar-refractivity contribution in [2.24, 2.45) is 0 Å². The maximum Gasteiger partial charge on any atom is 2.00 e. The van der Waals surface area contributed by atoms with Crippen LogP contribution in [0.2, 0.25) is 0 Å². The van der Waals surface area contributed by atoms with Gasteiger partial charge in [-0.3, -0.25) is 9.59 Å². The van der Waals surface area contributed by atoms with Crippen LogP contribution in [-0.4, -0.2) is 34.1 Å². The molecule has 0 heterocycles. The molecule has 0 N–H and O–H groups in total. The predicted molar refractivity (Wildman–Crippen MR) is 163 cm³/mol. The maximum absolute atomic E-state index is 12.4. The summed E-state index contributed by atoms with van der Waals surface area (Å²) in [6.07, 6.45) is 0. The van der Waals surface area contributed by atoms with Gasteiger partial charge in [-0.1, -0.05) is 96.1 Å². The molecule has 0 aliphatic rings. The Kier molecular flexibility index (Phi) is 11.8. The van der Waals surface area contributed by atoms with Crippen LogP contribution in [-0.2, 0) is 9.13 Å². The van der Waals surface area contributed by atoms with Crippen molar-refractivity contribution in [1.82, 2.24) is 0 Å². The summed E-state index contributed by atoms with van der Waals surface area (Å²) in [6, 6.07) is 23.0. The van der Waals surface area contributed by atoms with Crippen LogP contribution in [0.25, 0.3) is 0 Å². The fourth-order valence-electron chi connectivity index (χ4n) is 4.81. The Morgan fingerprint density at radius 1 is 0.512 bits per heavy atom. The number of carbonyl (C=O) groups is 2. The number of rotatable bonds is 6. The van der Waals surface area contributed by atoms with Crippen LogP contribution in [0.3, 0.4) is 0 Å². The zero-order valence-corrected chi connectivity index (χ0v) is 27.3. The first kappa shape index (κ1) is 34.6. The van der Waals surface area contributed by atoms with Crippen molar-refractivity contribution in [1.29, 1.82) is 0 Å². The maximum atomic E-state index is 12.4. The molecule has 0 aliphatic heterocycles. The van der Waals surface area contributed by atoms with Crippen molar-refractivity contribution in [3.05, 3.63) is 129 Å². The molecule has 2 unspecified atom stereocenters. The molecule has 41 heavy (non-hydrogen) atoms. The van der Waals surface area contributed by atoms with Crippen LogP contribution in [0, 0.1) is 41.5 Å². The van der Waals surface area contributed by atoms with Gasteiger partial charge in [0.2, 0.25) is 11.0 Å². The van der Waals surface area contributed by atoms with Crippen LogP contribution in [0.5, 0.6) is 0 Å². The third-order valence-electron chi connectivity index (χ3n) is 6.51. The fourth-order valence-corrected chi connectivity index (χ4v) is 7.70. The SMILES string of the molecule is Cc1cc(C)c(C(=O)P(=O)([O-])c2ccccc2)c(C)c1.Cc1cc(C)c(C(=O)P(=O)([O-])c2ccccc2)c(C)c1.[Mg+2]. The molecular weight excluding hydrogens is 567 g/mol. The second-order valence-electron chi connectivity index (χ2n) is 9.93. The molecule has 0 aromatic heterocycles. The van der Waals surface area contributed by atoms with Gasteiger partial charge in [0, 0.05) is 21.7 Å². The Bertz CT molecular complexity index is 1500. The summed E-state index contributed by atoms with van der Waals surface area (Å²) in [5.74, 6) is 0. The van der Waals surface area contributed by atoms with Gasteiger partial charge in [-0.05, 0) is 63.8 Å². The summed E-state index contributed by atoms with van der Waals surface area (Å²) in [4.78, 5) is 49.7. The molecule has 4 rings (SSSR count). The summed E-state index contributed by atoms with van der Waals surface area (Å²) in [5, 5.41) is 0.119. The quantitative estimate of drug-likeness (QED) is 0.227. The van der Waals surface area contributed by atoms with Crippen LogP contribution in [0.15, 0.2) is 84.9 Å². The number of benzene rings is 4. The smallest absolute Gasteiger partial charge is 0.790 e. The number of hydrogen-bond donors (Lipinski definition) is 0. The van der Waals surface area contributed by atoms with Crippen molar-refractivity contribution in [3.8, 4) is 0 Å². The molecule has 4 aromatic carbocycles. The van der Waals surface area contributed by atoms with E-state index >= 15 is 0 Å². The predicted octanol–water partition coefficient (Wildman–Crippen LogP) is 5.05. The Labute approximate surface area is 257 Å². The molecule has 9 heteroatoms. The molecule has 6 nitrogen and oxygen atoms in total. The van der Waals surface area contributed by atoms with E-state index in [2.05, 4.69) is 0 Å². The summed E-state index contributed by atoms with van der Waals surface area (Å²) in [5.41, 5.74) is 3.76. The molecular formula is C32H32MgO6P2. The first-order valence-corrected chi connectivity index (χ1v) is 15.9. The molecule has 0 fully saturated rings. The van der Waals surface area contributed by atoms with E-state index in [-0.39, 0.29) is 44.8 Å². The zero-order valence-electron chi connectivity index (χ0n) is 24.1. The average Bonchev–Trinajstić information content (AvgIpc) is 2.88. The molecule has 4 aromatic rings. The van der Waals surface area contributed by atoms with Gasteiger partial charge in [0.15, 0.2) is 0 Å². The summed E-state index contributed by atoms with van der Waals surface area (Å²) in [6.45, 7) is 10.9. The van der Waals surface area contributed by atoms with E-state index in [1.54, 1.807) is 64.1 Å². The third-order valence-corrected chi connectivity index (χ3v) is 9.98. The van der Waals surface area contributed by atoms with Crippen LogP contribution in [0.4, 0.5) is 0 Å². The first-order chi connectivity index (χ1) is 18.7. The van der Waals surface area contributed by atoms with Crippen molar-refractivity contribution in [3.63, 3.8) is 0 Å². The minimum atomic E-state index is -4.32. The molecule has 2 atom stereocenters. The average molecular weight is 599 g/mol. The Hall–Kier alpha value is -2.63. The van der Waals surface area contributed by atoms with E-state index in [0.29, 0.717) is 22.3 Å². The van der Waals surface area contributed by atoms with Gasteiger partial charge in [0.05, 0.1) is 0 Å². The monoisotopic (exact) mass is 598 g/mol. The molecule has 0 saturated heterocycles. The van der Waals surface area contributed by atoms with Crippen molar-refractivity contribution in [2.45, 2.75) is 41.5 Å². The summed E-state index contributed by atoms with van der Waals surface area (Å²) < 4.78 is 24.8. The zero-order chi connectivity index (χ0) is 29.8. The van der Waals surface area contributed by atoms with Gasteiger partial charge >= 0.3 is 23.1 Å². The standard InChI is InChI=1S/2C16H17O3P.Mg/c2*1-11-9-12(2)15(13(3)10-11)16(17)20(18,19)14-7-5-4-6-8-14;/h2*4-10H,1-3H3,(H,18,19);/q;;+2/p-2. The van der Waals surface area contributed by atoms with Crippen LogP contribution >= 0.6 is 14.7 Å². The van der Waals surface area contributed by atoms with Crippen LogP contribution in [0.1, 0.15) is 54.1 Å². The van der Waals surface area contributed by atoms with Gasteiger partial charge < -0.3 is 18.9 Å². The van der Waals surface area contributed by atoms with Crippen molar-refractivity contribution in [2.75, 3.05) is 0 Å². The van der Waals surface area contributed by atoms with Crippen molar-refractivity contribution >= 4 is 59.4 Å². The Morgan fingerprint density at radius 2 is 0.756 bits per heavy atom. The van der Waals surface area contributed by atoms with E-state index in [0.717, 1.165) is 11.1 Å². The molecule has 208 valence electrons. The Morgan fingerprint density at radius 3 is 1.00 bits per heavy atom. The van der Waals surface area contributed by atoms with E-state index in [9.17, 15) is 28.5 Å². The second kappa shape index (κ2) is 14.0. The summed E-state index contributed by atoms with van der Waals surface area (Å²) in [7, 11) is -8.63. The molecule has 0 aliphatic carbocycles. The number of carbonyl (C=O) groups excluding carboxylic acids is 2. The molecule has 0 saturated carbocycles. The first-order valence-electron chi connectivity index (χ1n) is 12.7. The summed E-state index contributed by atoms with van der Waals surface area (Å²) >= 11 is 0. The van der Waals surface area contributed by atoms with E-state index in [4.69, 9.17) is 0 Å². The molecule has 0 bridgehead atoms. The fraction of sp³-hybridized carbons (Fsp3) is 0.188. The van der Waals surface area contributed by atoms with Crippen LogP contribution < -0.4 is 20.4 Å². The molecule has 0 spiro atoms. The molecule has 0 amide bonds. The topological polar surface area (TPSA) is 114 Å². The molecule has 0 radical (unpaired) electrons. The second-order valence-corrected chi connectivity index (χ2v) is 14.0. The number of hydrogen-bond acceptors (Lipinski definition) is 6. The van der Waals surface area contributed by atoms with Gasteiger partial charge in [0.25, 0.3) is 0 Å². The third kappa shape index (κ3) is 7.81. The van der Waals surface area contributed by atoms with Gasteiger partial charge in [0.1, 0.15) is 14.7 Å². The number of aryl methyl sites for hydroxylation is 6. The van der Waals surface area contributed by atoms with Crippen molar-refractivity contribution < 1.29 is 28.5 Å². The van der Waals surface area contributed by atoms with Gasteiger partial charge in [-0.15, -0.1) is 0 Å². The van der Waals surface area contributed by atoms with Gasteiger partial charge in [-0.2, -0.15) is 0 Å². The van der Waals surface area contributed by atoms with E-state index in [1.807, 2.05) is 38.1 Å². The van der Waals surface area contributed by atoms with E-state index in [1.165, 1.54) is 24.3 Å². The normalized spacial score (nSPS) is 13.5. The van der Waals surface area contributed by atoms with E-state index < -0.39 is 25.8 Å². The Balaban J connectivity index is 0.000000280. The van der Waals surface area contributed by atoms with Gasteiger partial charge in [-0.25, -0.2) is 0 Å². The minimum Gasteiger partial charge on any atom is -0.790 e.